The molecule has 0 spiro atoms. The Balaban J connectivity index is 1.89. The molecule has 0 saturated carbocycles. The maximum atomic E-state index is 12.0. The van der Waals surface area contributed by atoms with E-state index in [-0.39, 0.29) is 17.2 Å². The first-order chi connectivity index (χ1) is 9.78. The molecule has 7 heteroatoms. The van der Waals surface area contributed by atoms with E-state index in [9.17, 15) is 8.42 Å². The van der Waals surface area contributed by atoms with Gasteiger partial charge < -0.3 is 9.73 Å². The van der Waals surface area contributed by atoms with Gasteiger partial charge in [0, 0.05) is 12.0 Å². The summed E-state index contributed by atoms with van der Waals surface area (Å²) < 4.78 is 29.6. The topological polar surface area (TPSA) is 85.1 Å². The van der Waals surface area contributed by atoms with Crippen LogP contribution in [0.2, 0.25) is 0 Å². The fourth-order valence-corrected chi connectivity index (χ4v) is 4.25. The Morgan fingerprint density at radius 1 is 1.29 bits per heavy atom. The van der Waals surface area contributed by atoms with E-state index in [1.807, 2.05) is 0 Å². The molecule has 1 unspecified atom stereocenters. The zero-order chi connectivity index (χ0) is 15.5. The van der Waals surface area contributed by atoms with Crippen LogP contribution >= 0.6 is 0 Å². The van der Waals surface area contributed by atoms with E-state index in [1.165, 1.54) is 0 Å². The minimum absolute atomic E-state index is 0.0934. The number of sulfone groups is 1. The number of rotatable bonds is 5. The molecule has 1 saturated heterocycles. The smallest absolute Gasteiger partial charge is 0.234 e. The molecule has 2 rings (SSSR count). The van der Waals surface area contributed by atoms with Gasteiger partial charge in [-0.05, 0) is 46.6 Å². The molecule has 1 aromatic heterocycles. The van der Waals surface area contributed by atoms with E-state index in [2.05, 4.69) is 36.3 Å². The number of nitrogens with zero attached hydrogens (tertiary/aromatic N) is 2. The summed E-state index contributed by atoms with van der Waals surface area (Å²) >= 11 is 0. The summed E-state index contributed by atoms with van der Waals surface area (Å²) in [6.07, 6.45) is 3.78. The molecule has 1 aliphatic rings. The fourth-order valence-electron chi connectivity index (χ4n) is 2.43. The molecule has 6 nitrogen and oxygen atoms in total. The Hall–Kier alpha value is -0.950. The van der Waals surface area contributed by atoms with Crippen molar-refractivity contribution in [1.29, 1.82) is 0 Å². The van der Waals surface area contributed by atoms with Crippen LogP contribution in [0.15, 0.2) is 4.42 Å². The lowest BCUT2D eigenvalue weighted by Crippen LogP contribution is -2.36. The molecule has 1 fully saturated rings. The second-order valence-corrected chi connectivity index (χ2v) is 8.97. The van der Waals surface area contributed by atoms with Gasteiger partial charge in [-0.2, -0.15) is 0 Å². The third-order valence-electron chi connectivity index (χ3n) is 3.56. The molecule has 21 heavy (non-hydrogen) atoms. The van der Waals surface area contributed by atoms with Gasteiger partial charge in [0.1, 0.15) is 5.25 Å². The molecule has 1 aliphatic heterocycles. The Morgan fingerprint density at radius 3 is 2.71 bits per heavy atom. The molecule has 0 amide bonds. The van der Waals surface area contributed by atoms with Gasteiger partial charge in [-0.3, -0.25) is 0 Å². The van der Waals surface area contributed by atoms with Gasteiger partial charge in [-0.25, -0.2) is 8.42 Å². The predicted octanol–water partition coefficient (Wildman–Crippen LogP) is 2.03. The molecule has 1 N–H and O–H groups in total. The van der Waals surface area contributed by atoms with E-state index >= 15 is 0 Å². The van der Waals surface area contributed by atoms with Crippen LogP contribution in [-0.4, -0.2) is 36.5 Å². The molecule has 1 atom stereocenters. The first kappa shape index (κ1) is 16.4. The molecule has 120 valence electrons. The molecule has 0 radical (unpaired) electrons. The molecule has 0 aromatic carbocycles. The largest absolute Gasteiger partial charge is 0.424 e. The first-order valence-electron chi connectivity index (χ1n) is 7.57. The van der Waals surface area contributed by atoms with Crippen molar-refractivity contribution in [3.63, 3.8) is 0 Å². The summed E-state index contributed by atoms with van der Waals surface area (Å²) in [7, 11) is -3.12. The van der Waals surface area contributed by atoms with Gasteiger partial charge in [0.05, 0.1) is 5.75 Å². The lowest BCUT2D eigenvalue weighted by molar-refractivity contribution is 0.398. The van der Waals surface area contributed by atoms with Crippen LogP contribution in [0.4, 0.5) is 0 Å². The third-order valence-corrected chi connectivity index (χ3v) is 5.72. The monoisotopic (exact) mass is 315 g/mol. The van der Waals surface area contributed by atoms with Gasteiger partial charge in [0.25, 0.3) is 0 Å². The zero-order valence-corrected chi connectivity index (χ0v) is 13.9. The summed E-state index contributed by atoms with van der Waals surface area (Å²) in [4.78, 5) is 0. The first-order valence-corrected chi connectivity index (χ1v) is 9.28. The minimum Gasteiger partial charge on any atom is -0.424 e. The molecular weight excluding hydrogens is 290 g/mol. The Morgan fingerprint density at radius 2 is 2.05 bits per heavy atom. The highest BCUT2D eigenvalue weighted by atomic mass is 32.2. The average molecular weight is 315 g/mol. The molecule has 0 aliphatic carbocycles. The van der Waals surface area contributed by atoms with Crippen LogP contribution in [-0.2, 0) is 16.3 Å². The number of hydrogen-bond donors (Lipinski definition) is 1. The van der Waals surface area contributed by atoms with Crippen molar-refractivity contribution >= 4 is 9.84 Å². The van der Waals surface area contributed by atoms with Crippen LogP contribution in [0.5, 0.6) is 0 Å². The number of aryl methyl sites for hydroxylation is 1. The van der Waals surface area contributed by atoms with Crippen molar-refractivity contribution in [1.82, 2.24) is 15.5 Å². The summed E-state index contributed by atoms with van der Waals surface area (Å²) in [6.45, 7) is 7.21. The Bertz CT molecular complexity index is 560. The van der Waals surface area contributed by atoms with E-state index in [0.717, 1.165) is 25.8 Å². The van der Waals surface area contributed by atoms with Gasteiger partial charge in [0.15, 0.2) is 9.84 Å². The zero-order valence-electron chi connectivity index (χ0n) is 13.1. The highest BCUT2D eigenvalue weighted by Gasteiger charge is 2.34. The highest BCUT2D eigenvalue weighted by molar-refractivity contribution is 7.91. The van der Waals surface area contributed by atoms with Crippen LogP contribution in [0.3, 0.4) is 0 Å². The second-order valence-electron chi connectivity index (χ2n) is 6.67. The SMILES string of the molecule is CC(C)(C)NCCCc1nnc(C2CCCCS2(=O)=O)o1. The summed E-state index contributed by atoms with van der Waals surface area (Å²) in [6, 6.07) is 0. The van der Waals surface area contributed by atoms with Crippen LogP contribution in [0, 0.1) is 0 Å². The number of aromatic nitrogens is 2. The van der Waals surface area contributed by atoms with E-state index in [4.69, 9.17) is 4.42 Å². The van der Waals surface area contributed by atoms with Crippen molar-refractivity contribution in [2.45, 2.75) is 63.7 Å². The van der Waals surface area contributed by atoms with Gasteiger partial charge in [0.2, 0.25) is 11.8 Å². The van der Waals surface area contributed by atoms with Gasteiger partial charge >= 0.3 is 0 Å². The van der Waals surface area contributed by atoms with Crippen molar-refractivity contribution in [3.05, 3.63) is 11.8 Å². The summed E-state index contributed by atoms with van der Waals surface area (Å²) in [5.41, 5.74) is 0.0934. The lowest BCUT2D eigenvalue weighted by Gasteiger charge is -2.20. The Labute approximate surface area is 126 Å². The van der Waals surface area contributed by atoms with Crippen molar-refractivity contribution in [2.75, 3.05) is 12.3 Å². The summed E-state index contributed by atoms with van der Waals surface area (Å²) in [5.74, 6) is 1.03. The van der Waals surface area contributed by atoms with Crippen LogP contribution < -0.4 is 5.32 Å². The van der Waals surface area contributed by atoms with E-state index in [0.29, 0.717) is 18.7 Å². The third kappa shape index (κ3) is 4.78. The minimum atomic E-state index is -3.12. The van der Waals surface area contributed by atoms with Gasteiger partial charge in [-0.1, -0.05) is 6.42 Å². The molecule has 0 bridgehead atoms. The van der Waals surface area contributed by atoms with Crippen molar-refractivity contribution in [3.8, 4) is 0 Å². The van der Waals surface area contributed by atoms with E-state index in [1.54, 1.807) is 0 Å². The standard InChI is InChI=1S/C14H25N3O3S/c1-14(2,3)15-9-6-8-12-16-17-13(20-12)11-7-4-5-10-21(11,18)19/h11,15H,4-10H2,1-3H3. The average Bonchev–Trinajstić information content (AvgIpc) is 2.81. The fraction of sp³-hybridized carbons (Fsp3) is 0.857. The van der Waals surface area contributed by atoms with Crippen molar-refractivity contribution < 1.29 is 12.8 Å². The summed E-state index contributed by atoms with van der Waals surface area (Å²) in [5, 5.41) is 10.7. The quantitative estimate of drug-likeness (QED) is 0.837. The number of nitrogens with one attached hydrogen (secondary N) is 1. The molecule has 1 aromatic rings. The van der Waals surface area contributed by atoms with Crippen LogP contribution in [0.1, 0.15) is 63.5 Å². The van der Waals surface area contributed by atoms with E-state index < -0.39 is 15.1 Å². The van der Waals surface area contributed by atoms with Gasteiger partial charge in [-0.15, -0.1) is 10.2 Å². The second kappa shape index (κ2) is 6.44. The van der Waals surface area contributed by atoms with Crippen LogP contribution in [0.25, 0.3) is 0 Å². The maximum Gasteiger partial charge on any atom is 0.234 e. The molecule has 2 heterocycles. The maximum absolute atomic E-state index is 12.0. The lowest BCUT2D eigenvalue weighted by atomic mass is 10.1. The highest BCUT2D eigenvalue weighted by Crippen LogP contribution is 2.32. The Kier molecular flexibility index (Phi) is 5.03. The number of hydrogen-bond acceptors (Lipinski definition) is 6. The normalized spacial score (nSPS) is 22.3. The predicted molar refractivity (Wildman–Crippen MR) is 80.8 cm³/mol. The molecular formula is C14H25N3O3S. The van der Waals surface area contributed by atoms with Crippen molar-refractivity contribution in [2.24, 2.45) is 0 Å².